The summed E-state index contributed by atoms with van der Waals surface area (Å²) in [4.78, 5) is 31.2. The highest BCUT2D eigenvalue weighted by atomic mass is 19.1. The van der Waals surface area contributed by atoms with Gasteiger partial charge in [-0.3, -0.25) is 14.2 Å². The van der Waals surface area contributed by atoms with E-state index in [1.165, 1.54) is 23.8 Å². The number of hydrogen-bond donors (Lipinski definition) is 1. The van der Waals surface area contributed by atoms with Crippen LogP contribution < -0.4 is 10.3 Å². The van der Waals surface area contributed by atoms with Gasteiger partial charge in [0.05, 0.1) is 13.2 Å². The Morgan fingerprint density at radius 2 is 1.60 bits per heavy atom. The minimum absolute atomic E-state index is 0.148. The number of carbonyl (C=O) groups is 1. The summed E-state index contributed by atoms with van der Waals surface area (Å²) in [7, 11) is 1.32. The molecule has 0 spiro atoms. The molecule has 9 heteroatoms. The summed E-state index contributed by atoms with van der Waals surface area (Å²) in [5.41, 5.74) is 1.03. The Kier molecular flexibility index (Phi) is 5.57. The summed E-state index contributed by atoms with van der Waals surface area (Å²) in [5.74, 6) is -2.71. The molecule has 2 aliphatic rings. The van der Waals surface area contributed by atoms with Crippen molar-refractivity contribution in [2.45, 2.75) is 44.7 Å². The molecule has 182 valence electrons. The molecule has 2 heterocycles. The molecule has 0 saturated carbocycles. The van der Waals surface area contributed by atoms with E-state index in [2.05, 4.69) is 4.98 Å². The van der Waals surface area contributed by atoms with Crippen molar-refractivity contribution < 1.29 is 23.4 Å². The summed E-state index contributed by atoms with van der Waals surface area (Å²) in [6, 6.07) is 8.51. The van der Waals surface area contributed by atoms with E-state index in [1.54, 1.807) is 29.2 Å². The van der Waals surface area contributed by atoms with Gasteiger partial charge in [0.15, 0.2) is 5.69 Å². The highest BCUT2D eigenvalue weighted by Gasteiger charge is 2.43. The maximum absolute atomic E-state index is 15.1. The van der Waals surface area contributed by atoms with Crippen LogP contribution in [0.1, 0.15) is 58.5 Å². The van der Waals surface area contributed by atoms with E-state index in [1.807, 2.05) is 13.8 Å². The van der Waals surface area contributed by atoms with Crippen LogP contribution in [0.4, 0.5) is 8.78 Å². The van der Waals surface area contributed by atoms with Crippen LogP contribution >= 0.6 is 0 Å². The van der Waals surface area contributed by atoms with Crippen LogP contribution in [0.15, 0.2) is 41.2 Å². The number of aromatic nitrogens is 2. The first-order valence-electron chi connectivity index (χ1n) is 11.5. The molecule has 7 nitrogen and oxygen atoms in total. The van der Waals surface area contributed by atoms with Crippen LogP contribution in [-0.4, -0.2) is 45.2 Å². The molecule has 35 heavy (non-hydrogen) atoms. The number of halogens is 2. The van der Waals surface area contributed by atoms with Gasteiger partial charge in [-0.05, 0) is 61.1 Å². The van der Waals surface area contributed by atoms with Crippen molar-refractivity contribution in [3.8, 4) is 11.8 Å². The molecule has 2 aromatic carbocycles. The van der Waals surface area contributed by atoms with Gasteiger partial charge in [-0.1, -0.05) is 24.3 Å². The second-order valence-electron chi connectivity index (χ2n) is 9.18. The highest BCUT2D eigenvalue weighted by Crippen LogP contribution is 2.46. The van der Waals surface area contributed by atoms with Crippen LogP contribution in [0, 0.1) is 11.6 Å². The van der Waals surface area contributed by atoms with E-state index in [4.69, 9.17) is 4.74 Å². The summed E-state index contributed by atoms with van der Waals surface area (Å²) in [6.07, 6.45) is 0.618. The number of fused-ring (bicyclic) bond motifs is 3. The fraction of sp³-hybridized carbons (Fsp3) is 0.346. The molecule has 1 unspecified atom stereocenters. The molecule has 0 bridgehead atoms. The maximum Gasteiger partial charge on any atom is 0.318 e. The Balaban J connectivity index is 1.87. The first kappa shape index (κ1) is 23.0. The Hall–Kier alpha value is -3.75. The lowest BCUT2D eigenvalue weighted by atomic mass is 9.81. The monoisotopic (exact) mass is 481 g/mol. The second kappa shape index (κ2) is 8.48. The van der Waals surface area contributed by atoms with Gasteiger partial charge in [-0.15, -0.1) is 0 Å². The lowest BCUT2D eigenvalue weighted by molar-refractivity contribution is 0.0572. The van der Waals surface area contributed by atoms with E-state index >= 15 is 8.78 Å². The number of ether oxygens (including phenoxy) is 1. The first-order valence-corrected chi connectivity index (χ1v) is 11.5. The fourth-order valence-corrected chi connectivity index (χ4v) is 5.46. The van der Waals surface area contributed by atoms with Crippen LogP contribution in [0.3, 0.4) is 0 Å². The third kappa shape index (κ3) is 3.48. The van der Waals surface area contributed by atoms with Crippen LogP contribution in [0.25, 0.3) is 0 Å². The Bertz CT molecular complexity index is 1350. The zero-order valence-electron chi connectivity index (χ0n) is 19.6. The third-order valence-electron chi connectivity index (χ3n) is 7.05. The molecule has 1 aliphatic carbocycles. The predicted octanol–water partition coefficient (Wildman–Crippen LogP) is 3.57. The molecule has 0 saturated heterocycles. The van der Waals surface area contributed by atoms with Crippen molar-refractivity contribution in [2.24, 2.45) is 0 Å². The molecule has 1 N–H and O–H groups in total. The van der Waals surface area contributed by atoms with Gasteiger partial charge in [0, 0.05) is 18.5 Å². The number of aromatic hydroxyl groups is 1. The molecule has 1 aromatic heterocycles. The van der Waals surface area contributed by atoms with E-state index < -0.39 is 29.2 Å². The lowest BCUT2D eigenvalue weighted by Crippen LogP contribution is -2.49. The van der Waals surface area contributed by atoms with Gasteiger partial charge in [-0.2, -0.15) is 4.98 Å². The minimum atomic E-state index is -0.982. The van der Waals surface area contributed by atoms with Crippen molar-refractivity contribution in [1.29, 1.82) is 0 Å². The molecule has 0 radical (unpaired) electrons. The van der Waals surface area contributed by atoms with Gasteiger partial charge in [0.2, 0.25) is 5.75 Å². The minimum Gasteiger partial charge on any atom is -0.501 e. The summed E-state index contributed by atoms with van der Waals surface area (Å²) >= 11 is 0. The van der Waals surface area contributed by atoms with Crippen molar-refractivity contribution in [3.05, 3.63) is 86.3 Å². The van der Waals surface area contributed by atoms with E-state index in [-0.39, 0.29) is 35.9 Å². The van der Waals surface area contributed by atoms with Gasteiger partial charge in [0.25, 0.3) is 5.91 Å². The molecule has 1 amide bonds. The second-order valence-corrected chi connectivity index (χ2v) is 9.18. The average molecular weight is 481 g/mol. The third-order valence-corrected chi connectivity index (χ3v) is 7.05. The Morgan fingerprint density at radius 3 is 2.11 bits per heavy atom. The summed E-state index contributed by atoms with van der Waals surface area (Å²) < 4.78 is 36.9. The highest BCUT2D eigenvalue weighted by molar-refractivity contribution is 5.96. The average Bonchev–Trinajstić information content (AvgIpc) is 2.99. The van der Waals surface area contributed by atoms with E-state index in [9.17, 15) is 14.7 Å². The smallest absolute Gasteiger partial charge is 0.318 e. The number of amides is 1. The summed E-state index contributed by atoms with van der Waals surface area (Å²) in [6.45, 7) is 3.81. The normalized spacial score (nSPS) is 17.6. The Morgan fingerprint density at radius 1 is 1.03 bits per heavy atom. The van der Waals surface area contributed by atoms with Gasteiger partial charge < -0.3 is 14.7 Å². The number of benzene rings is 2. The molecular formula is C26H25F2N3O4. The van der Waals surface area contributed by atoms with Crippen LogP contribution in [-0.2, 0) is 12.8 Å². The topological polar surface area (TPSA) is 84.7 Å². The number of methoxy groups -OCH3 is 1. The number of nitrogens with zero attached hydrogens (tertiary/aromatic N) is 3. The molecule has 0 fully saturated rings. The first-order chi connectivity index (χ1) is 16.7. The van der Waals surface area contributed by atoms with Gasteiger partial charge in [-0.25, -0.2) is 8.78 Å². The van der Waals surface area contributed by atoms with Crippen LogP contribution in [0.5, 0.6) is 11.8 Å². The van der Waals surface area contributed by atoms with Crippen molar-refractivity contribution in [1.82, 2.24) is 14.5 Å². The standard InChI is InChI=1S/C26H25F2N3O4/c1-13(2)30-12-20(31-22(25(30)34)23(32)24(33)29-26(31)35-3)21-16-6-4-8-18(27)14(16)10-11-15-17(21)7-5-9-19(15)28/h4-9,13,20-21,32H,10-12H2,1-3H3. The van der Waals surface area contributed by atoms with Crippen molar-refractivity contribution in [2.75, 3.05) is 13.7 Å². The number of rotatable bonds is 3. The van der Waals surface area contributed by atoms with E-state index in [0.29, 0.717) is 35.1 Å². The SMILES string of the molecule is COc1nc(=O)c(O)c2n1C(C1c3cccc(F)c3CCc3c(F)cccc31)CN(C(C)C)C2=O. The van der Waals surface area contributed by atoms with Gasteiger partial charge >= 0.3 is 11.6 Å². The predicted molar refractivity (Wildman–Crippen MR) is 124 cm³/mol. The molecule has 3 aromatic rings. The Labute approximate surface area is 200 Å². The quantitative estimate of drug-likeness (QED) is 0.618. The lowest BCUT2D eigenvalue weighted by Gasteiger charge is -2.42. The zero-order valence-corrected chi connectivity index (χ0v) is 19.6. The zero-order chi connectivity index (χ0) is 25.0. The number of carbonyl (C=O) groups excluding carboxylic acids is 1. The molecule has 5 rings (SSSR count). The molecular weight excluding hydrogens is 456 g/mol. The number of hydrogen-bond acceptors (Lipinski definition) is 5. The van der Waals surface area contributed by atoms with Gasteiger partial charge in [0.1, 0.15) is 11.6 Å². The molecule has 1 aliphatic heterocycles. The largest absolute Gasteiger partial charge is 0.501 e. The van der Waals surface area contributed by atoms with Crippen LogP contribution in [0.2, 0.25) is 0 Å². The van der Waals surface area contributed by atoms with E-state index in [0.717, 1.165) is 0 Å². The van der Waals surface area contributed by atoms with Crippen molar-refractivity contribution in [3.63, 3.8) is 0 Å². The van der Waals surface area contributed by atoms with Crippen molar-refractivity contribution >= 4 is 5.91 Å². The molecule has 1 atom stereocenters. The fourth-order valence-electron chi connectivity index (χ4n) is 5.46. The summed E-state index contributed by atoms with van der Waals surface area (Å²) in [5, 5.41) is 10.7. The maximum atomic E-state index is 15.1.